The van der Waals surface area contributed by atoms with Gasteiger partial charge in [-0.1, -0.05) is 12.1 Å². The van der Waals surface area contributed by atoms with Crippen molar-refractivity contribution in [2.75, 3.05) is 13.6 Å². The topological polar surface area (TPSA) is 99.0 Å². The zero-order valence-corrected chi connectivity index (χ0v) is 12.2. The molecule has 1 N–H and O–H groups in total. The highest BCUT2D eigenvalue weighted by Gasteiger charge is 2.11. The monoisotopic (exact) mass is 300 g/mol. The Balaban J connectivity index is 2.18. The number of benzene rings is 1. The van der Waals surface area contributed by atoms with Crippen LogP contribution in [0.5, 0.6) is 0 Å². The van der Waals surface area contributed by atoms with E-state index in [0.717, 1.165) is 4.68 Å². The molecule has 1 aromatic heterocycles. The number of amides is 1. The summed E-state index contributed by atoms with van der Waals surface area (Å²) in [5.41, 5.74) is -0.692. The number of fused-ring (bicyclic) bond motifs is 1. The molecule has 0 radical (unpaired) electrons. The van der Waals surface area contributed by atoms with Crippen LogP contribution in [-0.4, -0.2) is 34.2 Å². The average Bonchev–Trinajstić information content (AvgIpc) is 2.54. The van der Waals surface area contributed by atoms with Gasteiger partial charge in [-0.3, -0.25) is 19.5 Å². The van der Waals surface area contributed by atoms with Crippen molar-refractivity contribution < 1.29 is 4.79 Å². The number of rotatable bonds is 5. The van der Waals surface area contributed by atoms with Crippen molar-refractivity contribution in [2.45, 2.75) is 19.4 Å². The lowest BCUT2D eigenvalue weighted by Crippen LogP contribution is -2.33. The number of hydrogen-bond acceptors (Lipinski definition) is 4. The molecule has 1 amide bonds. The van der Waals surface area contributed by atoms with E-state index in [2.05, 4.69) is 5.10 Å². The first-order valence-electron chi connectivity index (χ1n) is 6.87. The van der Waals surface area contributed by atoms with Crippen molar-refractivity contribution in [1.82, 2.24) is 14.7 Å². The lowest BCUT2D eigenvalue weighted by molar-refractivity contribution is -0.130. The lowest BCUT2D eigenvalue weighted by Gasteiger charge is -2.15. The Bertz CT molecular complexity index is 844. The second kappa shape index (κ2) is 6.72. The maximum absolute atomic E-state index is 12.3. The summed E-state index contributed by atoms with van der Waals surface area (Å²) in [7, 11) is 1.60. The van der Waals surface area contributed by atoms with E-state index in [0.29, 0.717) is 17.3 Å². The Kier molecular flexibility index (Phi) is 4.73. The minimum Gasteiger partial charge on any atom is -0.345 e. The number of nitrogens with one attached hydrogen (secondary N) is 1. The van der Waals surface area contributed by atoms with Gasteiger partial charge in [-0.15, -0.1) is 0 Å². The quantitative estimate of drug-likeness (QED) is 0.866. The van der Waals surface area contributed by atoms with Crippen molar-refractivity contribution in [3.63, 3.8) is 0 Å². The molecule has 2 rings (SSSR count). The molecule has 2 aromatic rings. The molecule has 0 unspecified atom stereocenters. The van der Waals surface area contributed by atoms with Gasteiger partial charge in [0.25, 0.3) is 11.1 Å². The highest BCUT2D eigenvalue weighted by Crippen LogP contribution is 2.03. The molecule has 0 atom stereocenters. The second-order valence-corrected chi connectivity index (χ2v) is 4.92. The van der Waals surface area contributed by atoms with Gasteiger partial charge in [0.1, 0.15) is 0 Å². The van der Waals surface area contributed by atoms with Gasteiger partial charge in [-0.2, -0.15) is 5.26 Å². The standard InChI is InChI=1S/C15H16N4O3/c1-18(9-4-8-16)13(20)7-10-19-15(22)12-6-3-2-5-11(12)14(21)17-19/h2-3,5-6H,4,7,9-10H2,1H3,(H,17,21). The number of carbonyl (C=O) groups is 1. The highest BCUT2D eigenvalue weighted by molar-refractivity contribution is 5.80. The molecule has 7 heteroatoms. The highest BCUT2D eigenvalue weighted by atomic mass is 16.2. The van der Waals surface area contributed by atoms with Crippen LogP contribution in [0, 0.1) is 11.3 Å². The molecule has 0 aliphatic heterocycles. The van der Waals surface area contributed by atoms with E-state index >= 15 is 0 Å². The Morgan fingerprint density at radius 2 is 2.00 bits per heavy atom. The van der Waals surface area contributed by atoms with Gasteiger partial charge in [-0.25, -0.2) is 4.68 Å². The first-order chi connectivity index (χ1) is 10.5. The fourth-order valence-corrected chi connectivity index (χ4v) is 2.14. The van der Waals surface area contributed by atoms with Gasteiger partial charge in [0.15, 0.2) is 0 Å². The third-order valence-electron chi connectivity index (χ3n) is 3.42. The smallest absolute Gasteiger partial charge is 0.273 e. The van der Waals surface area contributed by atoms with E-state index in [-0.39, 0.29) is 36.4 Å². The molecule has 0 saturated heterocycles. The predicted octanol–water partition coefficient (Wildman–Crippen LogP) is 0.452. The predicted molar refractivity (Wildman–Crippen MR) is 81.3 cm³/mol. The van der Waals surface area contributed by atoms with E-state index in [9.17, 15) is 14.4 Å². The van der Waals surface area contributed by atoms with Crippen LogP contribution in [0.4, 0.5) is 0 Å². The average molecular weight is 300 g/mol. The molecular weight excluding hydrogens is 284 g/mol. The molecule has 114 valence electrons. The fourth-order valence-electron chi connectivity index (χ4n) is 2.14. The molecule has 0 saturated carbocycles. The number of aromatic nitrogens is 2. The van der Waals surface area contributed by atoms with Crippen LogP contribution >= 0.6 is 0 Å². The summed E-state index contributed by atoms with van der Waals surface area (Å²) in [6.07, 6.45) is 0.338. The molecule has 0 spiro atoms. The van der Waals surface area contributed by atoms with Crippen molar-refractivity contribution in [3.05, 3.63) is 45.0 Å². The molecule has 0 fully saturated rings. The Morgan fingerprint density at radius 1 is 1.32 bits per heavy atom. The zero-order chi connectivity index (χ0) is 16.1. The van der Waals surface area contributed by atoms with E-state index in [1.165, 1.54) is 4.90 Å². The van der Waals surface area contributed by atoms with Crippen molar-refractivity contribution in [1.29, 1.82) is 5.26 Å². The van der Waals surface area contributed by atoms with E-state index in [4.69, 9.17) is 5.26 Å². The van der Waals surface area contributed by atoms with Crippen LogP contribution in [-0.2, 0) is 11.3 Å². The SMILES string of the molecule is CN(CCC#N)C(=O)CCn1[nH]c(=O)c2ccccc2c1=O. The normalized spacial score (nSPS) is 10.4. The van der Waals surface area contributed by atoms with Crippen LogP contribution in [0.25, 0.3) is 10.8 Å². The van der Waals surface area contributed by atoms with Crippen LogP contribution in [0.15, 0.2) is 33.9 Å². The molecule has 0 bridgehead atoms. The minimum atomic E-state index is -0.361. The first-order valence-corrected chi connectivity index (χ1v) is 6.87. The van der Waals surface area contributed by atoms with E-state index < -0.39 is 0 Å². The van der Waals surface area contributed by atoms with E-state index in [1.807, 2.05) is 6.07 Å². The Hall–Kier alpha value is -2.88. The molecule has 22 heavy (non-hydrogen) atoms. The number of aryl methyl sites for hydroxylation is 1. The van der Waals surface area contributed by atoms with Gasteiger partial charge in [0.05, 0.1) is 29.8 Å². The van der Waals surface area contributed by atoms with E-state index in [1.54, 1.807) is 31.3 Å². The van der Waals surface area contributed by atoms with Gasteiger partial charge >= 0.3 is 0 Å². The summed E-state index contributed by atoms with van der Waals surface area (Å²) in [5, 5.41) is 11.6. The number of H-pyrrole nitrogens is 1. The maximum atomic E-state index is 12.3. The van der Waals surface area contributed by atoms with Crippen LogP contribution in [0.3, 0.4) is 0 Å². The minimum absolute atomic E-state index is 0.0795. The number of carbonyl (C=O) groups excluding carboxylic acids is 1. The Labute approximate surface area is 126 Å². The number of hydrogen-bond donors (Lipinski definition) is 1. The molecular formula is C15H16N4O3. The third kappa shape index (κ3) is 3.23. The number of aromatic amines is 1. The largest absolute Gasteiger partial charge is 0.345 e. The molecule has 1 aromatic carbocycles. The lowest BCUT2D eigenvalue weighted by atomic mass is 10.2. The molecule has 0 aliphatic rings. The van der Waals surface area contributed by atoms with Crippen molar-refractivity contribution >= 4 is 16.7 Å². The van der Waals surface area contributed by atoms with Crippen LogP contribution in [0.1, 0.15) is 12.8 Å². The zero-order valence-electron chi connectivity index (χ0n) is 12.2. The molecule has 7 nitrogen and oxygen atoms in total. The van der Waals surface area contributed by atoms with Gasteiger partial charge in [0.2, 0.25) is 5.91 Å². The Morgan fingerprint density at radius 3 is 2.68 bits per heavy atom. The molecule has 1 heterocycles. The summed E-state index contributed by atoms with van der Waals surface area (Å²) >= 11 is 0. The van der Waals surface area contributed by atoms with Crippen molar-refractivity contribution in [3.8, 4) is 6.07 Å². The second-order valence-electron chi connectivity index (χ2n) is 4.92. The summed E-state index contributed by atoms with van der Waals surface area (Å²) in [4.78, 5) is 37.5. The fraction of sp³-hybridized carbons (Fsp3) is 0.333. The van der Waals surface area contributed by atoms with Crippen LogP contribution in [0.2, 0.25) is 0 Å². The summed E-state index contributed by atoms with van der Waals surface area (Å²) in [6.45, 7) is 0.438. The molecule has 0 aliphatic carbocycles. The third-order valence-corrected chi connectivity index (χ3v) is 3.42. The van der Waals surface area contributed by atoms with Gasteiger partial charge < -0.3 is 4.90 Å². The van der Waals surface area contributed by atoms with Crippen molar-refractivity contribution in [2.24, 2.45) is 0 Å². The van der Waals surface area contributed by atoms with Gasteiger partial charge in [0, 0.05) is 20.0 Å². The maximum Gasteiger partial charge on any atom is 0.273 e. The summed E-state index contributed by atoms with van der Waals surface area (Å²) in [6, 6.07) is 8.52. The van der Waals surface area contributed by atoms with Crippen LogP contribution < -0.4 is 11.1 Å². The van der Waals surface area contributed by atoms with Gasteiger partial charge in [-0.05, 0) is 12.1 Å². The number of nitrogens with zero attached hydrogens (tertiary/aromatic N) is 3. The number of nitriles is 1. The summed E-state index contributed by atoms with van der Waals surface area (Å²) in [5.74, 6) is -0.184. The summed E-state index contributed by atoms with van der Waals surface area (Å²) < 4.78 is 1.15. The first kappa shape index (κ1) is 15.5.